The predicted molar refractivity (Wildman–Crippen MR) is 59.6 cm³/mol. The van der Waals surface area contributed by atoms with Gasteiger partial charge in [0.1, 0.15) is 6.33 Å². The van der Waals surface area contributed by atoms with Gasteiger partial charge in [0.2, 0.25) is 0 Å². The van der Waals surface area contributed by atoms with Crippen LogP contribution in [0.25, 0.3) is 0 Å². The molecule has 0 saturated heterocycles. The van der Waals surface area contributed by atoms with Gasteiger partial charge in [-0.25, -0.2) is 9.97 Å². The molecule has 0 bridgehead atoms. The molecule has 4 heteroatoms. The standard InChI is InChI=1S/C11H16N4/c1-2-4-11(13-6-3-1)14-8-10-5-7-12-9-15-10/h5,7,9H,1-4,6,8H2,(H,13,14). The van der Waals surface area contributed by atoms with Crippen LogP contribution in [0.1, 0.15) is 31.4 Å². The van der Waals surface area contributed by atoms with Crippen molar-refractivity contribution >= 4 is 5.84 Å². The first-order valence-electron chi connectivity index (χ1n) is 5.47. The van der Waals surface area contributed by atoms with Crippen molar-refractivity contribution < 1.29 is 0 Å². The van der Waals surface area contributed by atoms with E-state index in [2.05, 4.69) is 20.3 Å². The van der Waals surface area contributed by atoms with E-state index in [0.717, 1.165) is 31.0 Å². The summed E-state index contributed by atoms with van der Waals surface area (Å²) in [6.07, 6.45) is 8.17. The summed E-state index contributed by atoms with van der Waals surface area (Å²) in [6, 6.07) is 1.92. The molecule has 0 saturated carbocycles. The quantitative estimate of drug-likeness (QED) is 0.795. The lowest BCUT2D eigenvalue weighted by atomic mass is 10.2. The first-order valence-corrected chi connectivity index (χ1v) is 5.47. The van der Waals surface area contributed by atoms with Crippen molar-refractivity contribution in [2.75, 3.05) is 6.54 Å². The SMILES string of the molecule is c1cc(CNC2=NCCCCC2)ncn1. The van der Waals surface area contributed by atoms with Crippen molar-refractivity contribution in [3.8, 4) is 0 Å². The number of hydrogen-bond donors (Lipinski definition) is 1. The molecule has 15 heavy (non-hydrogen) atoms. The summed E-state index contributed by atoms with van der Waals surface area (Å²) in [7, 11) is 0. The van der Waals surface area contributed by atoms with E-state index < -0.39 is 0 Å². The van der Waals surface area contributed by atoms with Gasteiger partial charge < -0.3 is 5.32 Å². The highest BCUT2D eigenvalue weighted by atomic mass is 15.0. The van der Waals surface area contributed by atoms with E-state index in [0.29, 0.717) is 0 Å². The van der Waals surface area contributed by atoms with E-state index in [1.165, 1.54) is 19.3 Å². The number of amidine groups is 1. The Morgan fingerprint density at radius 2 is 2.27 bits per heavy atom. The summed E-state index contributed by atoms with van der Waals surface area (Å²) in [6.45, 7) is 1.72. The van der Waals surface area contributed by atoms with Gasteiger partial charge in [-0.3, -0.25) is 4.99 Å². The van der Waals surface area contributed by atoms with Gasteiger partial charge >= 0.3 is 0 Å². The van der Waals surface area contributed by atoms with Crippen molar-refractivity contribution in [1.29, 1.82) is 0 Å². The smallest absolute Gasteiger partial charge is 0.115 e. The molecule has 0 aromatic carbocycles. The molecule has 80 valence electrons. The molecule has 2 heterocycles. The summed E-state index contributed by atoms with van der Waals surface area (Å²) in [5.74, 6) is 1.13. The topological polar surface area (TPSA) is 50.2 Å². The molecule has 1 aliphatic rings. The Morgan fingerprint density at radius 3 is 3.13 bits per heavy atom. The Hall–Kier alpha value is -1.45. The normalized spacial score (nSPS) is 16.7. The van der Waals surface area contributed by atoms with Gasteiger partial charge in [0.05, 0.1) is 18.1 Å². The van der Waals surface area contributed by atoms with Gasteiger partial charge in [-0.15, -0.1) is 0 Å². The molecule has 1 aliphatic heterocycles. The van der Waals surface area contributed by atoms with Crippen LogP contribution in [0.3, 0.4) is 0 Å². The molecule has 0 radical (unpaired) electrons. The number of aliphatic imine (C=N–C) groups is 1. The molecule has 0 aliphatic carbocycles. The first-order chi connectivity index (χ1) is 7.45. The van der Waals surface area contributed by atoms with E-state index in [4.69, 9.17) is 0 Å². The van der Waals surface area contributed by atoms with Crippen molar-refractivity contribution in [2.45, 2.75) is 32.2 Å². The second kappa shape index (κ2) is 5.44. The molecular formula is C11H16N4. The second-order valence-electron chi connectivity index (χ2n) is 3.69. The van der Waals surface area contributed by atoms with Gasteiger partial charge in [-0.05, 0) is 18.9 Å². The van der Waals surface area contributed by atoms with Crippen LogP contribution in [0.15, 0.2) is 23.6 Å². The largest absolute Gasteiger partial charge is 0.368 e. The Balaban J connectivity index is 1.84. The molecule has 0 unspecified atom stereocenters. The number of rotatable bonds is 2. The fourth-order valence-corrected chi connectivity index (χ4v) is 1.63. The second-order valence-corrected chi connectivity index (χ2v) is 3.69. The first kappa shape index (κ1) is 10.1. The van der Waals surface area contributed by atoms with E-state index >= 15 is 0 Å². The summed E-state index contributed by atoms with van der Waals surface area (Å²) in [5.41, 5.74) is 1.01. The molecule has 2 rings (SSSR count). The Labute approximate surface area is 89.9 Å². The zero-order valence-corrected chi connectivity index (χ0v) is 8.82. The maximum Gasteiger partial charge on any atom is 0.115 e. The van der Waals surface area contributed by atoms with Crippen molar-refractivity contribution in [1.82, 2.24) is 15.3 Å². The maximum absolute atomic E-state index is 4.50. The summed E-state index contributed by atoms with van der Waals surface area (Å²) in [4.78, 5) is 12.5. The molecule has 0 atom stereocenters. The van der Waals surface area contributed by atoms with Gasteiger partial charge in [0.15, 0.2) is 0 Å². The lowest BCUT2D eigenvalue weighted by Gasteiger charge is -2.07. The minimum atomic E-state index is 0.751. The number of nitrogens with one attached hydrogen (secondary N) is 1. The van der Waals surface area contributed by atoms with Crippen LogP contribution in [0.2, 0.25) is 0 Å². The third kappa shape index (κ3) is 3.31. The van der Waals surface area contributed by atoms with Crippen LogP contribution >= 0.6 is 0 Å². The summed E-state index contributed by atoms with van der Waals surface area (Å²) >= 11 is 0. The van der Waals surface area contributed by atoms with E-state index in [1.54, 1.807) is 12.5 Å². The van der Waals surface area contributed by atoms with Gasteiger partial charge in [0, 0.05) is 19.2 Å². The van der Waals surface area contributed by atoms with Crippen molar-refractivity contribution in [3.05, 3.63) is 24.3 Å². The predicted octanol–water partition coefficient (Wildman–Crippen LogP) is 1.54. The van der Waals surface area contributed by atoms with E-state index in [9.17, 15) is 0 Å². The van der Waals surface area contributed by atoms with Crippen LogP contribution in [-0.4, -0.2) is 22.3 Å². The number of aromatic nitrogens is 2. The van der Waals surface area contributed by atoms with Gasteiger partial charge in [-0.2, -0.15) is 0 Å². The highest BCUT2D eigenvalue weighted by Gasteiger charge is 2.03. The minimum Gasteiger partial charge on any atom is -0.368 e. The number of nitrogens with zero attached hydrogens (tertiary/aromatic N) is 3. The van der Waals surface area contributed by atoms with Gasteiger partial charge in [-0.1, -0.05) is 6.42 Å². The van der Waals surface area contributed by atoms with E-state index in [-0.39, 0.29) is 0 Å². The van der Waals surface area contributed by atoms with Crippen LogP contribution in [-0.2, 0) is 6.54 Å². The zero-order chi connectivity index (χ0) is 10.3. The fraction of sp³-hybridized carbons (Fsp3) is 0.545. The summed E-state index contributed by atoms with van der Waals surface area (Å²) < 4.78 is 0. The molecule has 0 amide bonds. The number of hydrogen-bond acceptors (Lipinski definition) is 4. The molecule has 0 spiro atoms. The molecule has 1 aromatic heterocycles. The zero-order valence-electron chi connectivity index (χ0n) is 8.82. The highest BCUT2D eigenvalue weighted by molar-refractivity contribution is 5.82. The molecule has 1 aromatic rings. The molecule has 1 N–H and O–H groups in total. The van der Waals surface area contributed by atoms with Crippen LogP contribution in [0, 0.1) is 0 Å². The monoisotopic (exact) mass is 204 g/mol. The average Bonchev–Trinajstić information content (AvgIpc) is 2.56. The van der Waals surface area contributed by atoms with Crippen molar-refractivity contribution in [3.63, 3.8) is 0 Å². The highest BCUT2D eigenvalue weighted by Crippen LogP contribution is 2.06. The fourth-order valence-electron chi connectivity index (χ4n) is 1.63. The summed E-state index contributed by atoms with van der Waals surface area (Å²) in [5, 5.41) is 3.34. The molecule has 4 nitrogen and oxygen atoms in total. The average molecular weight is 204 g/mol. The minimum absolute atomic E-state index is 0.751. The van der Waals surface area contributed by atoms with Crippen LogP contribution < -0.4 is 5.32 Å². The lowest BCUT2D eigenvalue weighted by Crippen LogP contribution is -2.23. The van der Waals surface area contributed by atoms with E-state index in [1.807, 2.05) is 6.07 Å². The Bertz CT molecular complexity index is 321. The Morgan fingerprint density at radius 1 is 1.27 bits per heavy atom. The van der Waals surface area contributed by atoms with Crippen molar-refractivity contribution in [2.24, 2.45) is 4.99 Å². The van der Waals surface area contributed by atoms with Crippen LogP contribution in [0.5, 0.6) is 0 Å². The van der Waals surface area contributed by atoms with Gasteiger partial charge in [0.25, 0.3) is 0 Å². The lowest BCUT2D eigenvalue weighted by molar-refractivity contribution is 0.727. The maximum atomic E-state index is 4.50. The molecular weight excluding hydrogens is 188 g/mol. The Kier molecular flexibility index (Phi) is 3.65. The third-order valence-electron chi connectivity index (χ3n) is 2.49. The third-order valence-corrected chi connectivity index (χ3v) is 2.49. The molecule has 0 fully saturated rings. The van der Waals surface area contributed by atoms with Crippen LogP contribution in [0.4, 0.5) is 0 Å².